The average molecular weight is 404 g/mol. The highest BCUT2D eigenvalue weighted by atomic mass is 35.5. The summed E-state index contributed by atoms with van der Waals surface area (Å²) in [4.78, 5) is 4.45. The van der Waals surface area contributed by atoms with Crippen LogP contribution in [0.3, 0.4) is 0 Å². The van der Waals surface area contributed by atoms with E-state index in [0.717, 1.165) is 35.2 Å². The monoisotopic (exact) mass is 403 g/mol. The fourth-order valence-corrected chi connectivity index (χ4v) is 4.44. The van der Waals surface area contributed by atoms with Crippen LogP contribution in [0, 0.1) is 0 Å². The van der Waals surface area contributed by atoms with E-state index < -0.39 is 0 Å². The van der Waals surface area contributed by atoms with Crippen LogP contribution >= 0.6 is 23.4 Å². The van der Waals surface area contributed by atoms with Gasteiger partial charge in [0, 0.05) is 17.5 Å². The minimum atomic E-state index is 0.251. The molecule has 1 aromatic carbocycles. The van der Waals surface area contributed by atoms with Gasteiger partial charge in [0.2, 0.25) is 5.89 Å². The lowest BCUT2D eigenvalue weighted by Crippen LogP contribution is -2.08. The minimum Gasteiger partial charge on any atom is -0.338 e. The van der Waals surface area contributed by atoms with Gasteiger partial charge in [-0.25, -0.2) is 0 Å². The number of aromatic nitrogens is 5. The Labute approximate surface area is 167 Å². The molecule has 2 aromatic heterocycles. The van der Waals surface area contributed by atoms with Crippen LogP contribution in [-0.2, 0) is 5.75 Å². The van der Waals surface area contributed by atoms with Gasteiger partial charge in [0.1, 0.15) is 0 Å². The summed E-state index contributed by atoms with van der Waals surface area (Å²) in [5.74, 6) is 3.01. The zero-order chi connectivity index (χ0) is 18.8. The van der Waals surface area contributed by atoms with Crippen molar-refractivity contribution in [1.29, 1.82) is 0 Å². The second-order valence-corrected chi connectivity index (χ2v) is 8.43. The fraction of sp³-hybridized carbons (Fsp3) is 0.474. The summed E-state index contributed by atoms with van der Waals surface area (Å²) in [6, 6.07) is 8.21. The van der Waals surface area contributed by atoms with Crippen LogP contribution in [0.15, 0.2) is 33.9 Å². The van der Waals surface area contributed by atoms with Gasteiger partial charge >= 0.3 is 0 Å². The number of thioether (sulfide) groups is 1. The fourth-order valence-electron chi connectivity index (χ4n) is 3.38. The van der Waals surface area contributed by atoms with Crippen molar-refractivity contribution in [3.05, 3.63) is 41.0 Å². The number of rotatable bonds is 6. The van der Waals surface area contributed by atoms with Crippen LogP contribution in [0.1, 0.15) is 63.2 Å². The van der Waals surface area contributed by atoms with Crippen molar-refractivity contribution < 1.29 is 4.52 Å². The van der Waals surface area contributed by atoms with Crippen LogP contribution in [0.5, 0.6) is 0 Å². The molecule has 1 aliphatic carbocycles. The average Bonchev–Trinajstić information content (AvgIpc) is 3.40. The summed E-state index contributed by atoms with van der Waals surface area (Å²) in [7, 11) is 0. The molecule has 0 spiro atoms. The van der Waals surface area contributed by atoms with Crippen LogP contribution in [-0.4, -0.2) is 24.9 Å². The maximum atomic E-state index is 6.43. The number of nitrogens with zero attached hydrogens (tertiary/aromatic N) is 5. The lowest BCUT2D eigenvalue weighted by Gasteiger charge is -2.17. The number of hydrogen-bond acceptors (Lipinski definition) is 6. The molecule has 142 valence electrons. The normalized spacial score (nSPS) is 15.1. The van der Waals surface area contributed by atoms with Gasteiger partial charge in [-0.3, -0.25) is 4.57 Å². The summed E-state index contributed by atoms with van der Waals surface area (Å²) in [6.45, 7) is 4.10. The third-order valence-corrected chi connectivity index (χ3v) is 6.05. The first-order chi connectivity index (χ1) is 13.1. The highest BCUT2D eigenvalue weighted by Crippen LogP contribution is 2.38. The zero-order valence-electron chi connectivity index (χ0n) is 15.4. The molecule has 0 bridgehead atoms. The summed E-state index contributed by atoms with van der Waals surface area (Å²) in [5.41, 5.74) is 0.922. The highest BCUT2D eigenvalue weighted by Gasteiger charge is 2.26. The van der Waals surface area contributed by atoms with Crippen LogP contribution in [0.4, 0.5) is 0 Å². The van der Waals surface area contributed by atoms with Gasteiger partial charge in [0.05, 0.1) is 10.8 Å². The maximum Gasteiger partial charge on any atom is 0.237 e. The van der Waals surface area contributed by atoms with Crippen molar-refractivity contribution in [2.24, 2.45) is 0 Å². The van der Waals surface area contributed by atoms with E-state index in [1.807, 2.05) is 38.1 Å². The van der Waals surface area contributed by atoms with E-state index in [9.17, 15) is 0 Å². The van der Waals surface area contributed by atoms with E-state index in [4.69, 9.17) is 16.1 Å². The summed E-state index contributed by atoms with van der Waals surface area (Å²) < 4.78 is 7.61. The molecule has 0 atom stereocenters. The Kier molecular flexibility index (Phi) is 5.50. The Bertz CT molecular complexity index is 916. The van der Waals surface area contributed by atoms with Gasteiger partial charge in [-0.05, 0) is 25.0 Å². The molecule has 0 unspecified atom stereocenters. The molecule has 0 saturated heterocycles. The van der Waals surface area contributed by atoms with Gasteiger partial charge in [-0.1, -0.05) is 67.3 Å². The van der Waals surface area contributed by atoms with Crippen molar-refractivity contribution in [3.8, 4) is 11.4 Å². The minimum absolute atomic E-state index is 0.251. The molecule has 4 rings (SSSR count). The lowest BCUT2D eigenvalue weighted by atomic mass is 10.2. The predicted molar refractivity (Wildman–Crippen MR) is 106 cm³/mol. The quantitative estimate of drug-likeness (QED) is 0.505. The third kappa shape index (κ3) is 3.89. The number of benzene rings is 1. The van der Waals surface area contributed by atoms with E-state index >= 15 is 0 Å². The Balaban J connectivity index is 1.63. The first-order valence-electron chi connectivity index (χ1n) is 9.28. The SMILES string of the molecule is CC(C)c1noc(CSc2nnc(-c3ccccc3Cl)n2C2CCCC2)n1. The van der Waals surface area contributed by atoms with Crippen LogP contribution in [0.25, 0.3) is 11.4 Å². The summed E-state index contributed by atoms with van der Waals surface area (Å²) >= 11 is 8.01. The molecule has 0 aliphatic heterocycles. The van der Waals surface area contributed by atoms with Crippen LogP contribution < -0.4 is 0 Å². The first-order valence-corrected chi connectivity index (χ1v) is 10.6. The number of hydrogen-bond donors (Lipinski definition) is 0. The molecular weight excluding hydrogens is 382 g/mol. The Morgan fingerprint density at radius 1 is 1.22 bits per heavy atom. The van der Waals surface area contributed by atoms with Gasteiger partial charge in [-0.2, -0.15) is 4.98 Å². The van der Waals surface area contributed by atoms with Gasteiger partial charge < -0.3 is 4.52 Å². The Hall–Kier alpha value is -1.86. The smallest absolute Gasteiger partial charge is 0.237 e. The van der Waals surface area contributed by atoms with Gasteiger partial charge in [-0.15, -0.1) is 10.2 Å². The molecule has 0 radical (unpaired) electrons. The van der Waals surface area contributed by atoms with Crippen molar-refractivity contribution in [2.75, 3.05) is 0 Å². The first kappa shape index (κ1) is 18.5. The highest BCUT2D eigenvalue weighted by molar-refractivity contribution is 7.98. The molecule has 0 N–H and O–H groups in total. The topological polar surface area (TPSA) is 69.6 Å². The largest absolute Gasteiger partial charge is 0.338 e. The molecule has 1 aliphatic rings. The molecule has 6 nitrogen and oxygen atoms in total. The van der Waals surface area contributed by atoms with Crippen molar-refractivity contribution in [1.82, 2.24) is 24.9 Å². The number of halogens is 1. The van der Waals surface area contributed by atoms with Gasteiger partial charge in [0.15, 0.2) is 16.8 Å². The summed E-state index contributed by atoms with van der Waals surface area (Å²) in [6.07, 6.45) is 4.74. The van der Waals surface area contributed by atoms with E-state index in [2.05, 4.69) is 24.9 Å². The van der Waals surface area contributed by atoms with E-state index in [1.165, 1.54) is 12.8 Å². The van der Waals surface area contributed by atoms with Crippen molar-refractivity contribution in [2.45, 2.75) is 62.4 Å². The van der Waals surface area contributed by atoms with Crippen molar-refractivity contribution in [3.63, 3.8) is 0 Å². The van der Waals surface area contributed by atoms with E-state index in [0.29, 0.717) is 22.7 Å². The molecule has 2 heterocycles. The van der Waals surface area contributed by atoms with Crippen molar-refractivity contribution >= 4 is 23.4 Å². The van der Waals surface area contributed by atoms with E-state index in [-0.39, 0.29) is 5.92 Å². The molecule has 27 heavy (non-hydrogen) atoms. The third-order valence-electron chi connectivity index (χ3n) is 4.79. The second-order valence-electron chi connectivity index (χ2n) is 7.08. The predicted octanol–water partition coefficient (Wildman–Crippen LogP) is 5.51. The molecule has 3 aromatic rings. The van der Waals surface area contributed by atoms with Gasteiger partial charge in [0.25, 0.3) is 0 Å². The lowest BCUT2D eigenvalue weighted by molar-refractivity contribution is 0.382. The standard InChI is InChI=1S/C19H22ClN5OS/c1-12(2)17-21-16(26-24-17)11-27-19-23-22-18(14-9-5-6-10-15(14)20)25(19)13-7-3-4-8-13/h5-6,9-10,12-13H,3-4,7-8,11H2,1-2H3. The molecule has 8 heteroatoms. The summed E-state index contributed by atoms with van der Waals surface area (Å²) in [5, 5.41) is 14.5. The van der Waals surface area contributed by atoms with Crippen LogP contribution in [0.2, 0.25) is 5.02 Å². The van der Waals surface area contributed by atoms with E-state index in [1.54, 1.807) is 11.8 Å². The molecule has 1 saturated carbocycles. The Morgan fingerprint density at radius 3 is 2.70 bits per heavy atom. The molecule has 0 amide bonds. The zero-order valence-corrected chi connectivity index (χ0v) is 17.0. The molecular formula is C19H22ClN5OS. The second kappa shape index (κ2) is 8.02. The molecule has 1 fully saturated rings. The maximum absolute atomic E-state index is 6.43. The Morgan fingerprint density at radius 2 is 2.00 bits per heavy atom.